The second kappa shape index (κ2) is 6.17. The molecule has 0 bridgehead atoms. The molecule has 0 saturated heterocycles. The van der Waals surface area contributed by atoms with E-state index in [4.69, 9.17) is 4.74 Å². The molecule has 110 valence electrons. The lowest BCUT2D eigenvalue weighted by Crippen LogP contribution is -2.14. The third-order valence-electron chi connectivity index (χ3n) is 2.67. The standard InChI is InChI=1S/C14H9BrF3NO2/c1-21-13-4-7(15)2-3-8(13)14(20)19-12-6-10(17)9(16)5-11(12)18/h2-6H,1H3,(H,19,20). The molecule has 0 aliphatic heterocycles. The summed E-state index contributed by atoms with van der Waals surface area (Å²) in [6.07, 6.45) is 0. The fourth-order valence-electron chi connectivity index (χ4n) is 1.66. The van der Waals surface area contributed by atoms with Crippen molar-refractivity contribution in [1.82, 2.24) is 0 Å². The average molecular weight is 360 g/mol. The van der Waals surface area contributed by atoms with Gasteiger partial charge in [-0.1, -0.05) is 15.9 Å². The zero-order valence-corrected chi connectivity index (χ0v) is 12.3. The number of carbonyl (C=O) groups excluding carboxylic acids is 1. The Morgan fingerprint density at radius 2 is 1.76 bits per heavy atom. The molecule has 0 unspecified atom stereocenters. The molecule has 7 heteroatoms. The fraction of sp³-hybridized carbons (Fsp3) is 0.0714. The number of hydrogen-bond acceptors (Lipinski definition) is 2. The highest BCUT2D eigenvalue weighted by Crippen LogP contribution is 2.25. The van der Waals surface area contributed by atoms with E-state index in [-0.39, 0.29) is 11.3 Å². The van der Waals surface area contributed by atoms with Gasteiger partial charge in [0.1, 0.15) is 11.6 Å². The summed E-state index contributed by atoms with van der Waals surface area (Å²) in [7, 11) is 1.37. The molecule has 0 atom stereocenters. The van der Waals surface area contributed by atoms with Crippen LogP contribution in [-0.4, -0.2) is 13.0 Å². The van der Waals surface area contributed by atoms with Crippen LogP contribution in [-0.2, 0) is 0 Å². The predicted molar refractivity (Wildman–Crippen MR) is 75.0 cm³/mol. The first-order chi connectivity index (χ1) is 9.92. The normalized spacial score (nSPS) is 10.3. The molecular weight excluding hydrogens is 351 g/mol. The number of benzene rings is 2. The first kappa shape index (κ1) is 15.4. The molecule has 0 aromatic heterocycles. The monoisotopic (exact) mass is 359 g/mol. The maximum Gasteiger partial charge on any atom is 0.259 e. The summed E-state index contributed by atoms with van der Waals surface area (Å²) in [5.74, 6) is -4.10. The van der Waals surface area contributed by atoms with Gasteiger partial charge < -0.3 is 10.1 Å². The lowest BCUT2D eigenvalue weighted by Gasteiger charge is -2.10. The summed E-state index contributed by atoms with van der Waals surface area (Å²) in [6.45, 7) is 0. The molecule has 3 nitrogen and oxygen atoms in total. The predicted octanol–water partition coefficient (Wildman–Crippen LogP) is 4.13. The fourth-order valence-corrected chi connectivity index (χ4v) is 2.00. The maximum atomic E-state index is 13.5. The van der Waals surface area contributed by atoms with Gasteiger partial charge in [-0.25, -0.2) is 13.2 Å². The van der Waals surface area contributed by atoms with Gasteiger partial charge in [-0.05, 0) is 18.2 Å². The van der Waals surface area contributed by atoms with Crippen LogP contribution < -0.4 is 10.1 Å². The van der Waals surface area contributed by atoms with Crippen molar-refractivity contribution in [2.75, 3.05) is 12.4 Å². The molecule has 21 heavy (non-hydrogen) atoms. The number of anilines is 1. The van der Waals surface area contributed by atoms with Gasteiger partial charge in [-0.3, -0.25) is 4.79 Å². The molecule has 0 aliphatic carbocycles. The van der Waals surface area contributed by atoms with E-state index in [1.807, 2.05) is 0 Å². The molecule has 0 saturated carbocycles. The second-order valence-electron chi connectivity index (χ2n) is 4.04. The number of methoxy groups -OCH3 is 1. The van der Waals surface area contributed by atoms with E-state index >= 15 is 0 Å². The number of carbonyl (C=O) groups is 1. The van der Waals surface area contributed by atoms with E-state index in [0.29, 0.717) is 16.6 Å². The number of ether oxygens (including phenoxy) is 1. The lowest BCUT2D eigenvalue weighted by molar-refractivity contribution is 0.102. The van der Waals surface area contributed by atoms with E-state index in [1.54, 1.807) is 12.1 Å². The van der Waals surface area contributed by atoms with Crippen molar-refractivity contribution in [2.45, 2.75) is 0 Å². The first-order valence-electron chi connectivity index (χ1n) is 5.72. The number of nitrogens with one attached hydrogen (secondary N) is 1. The van der Waals surface area contributed by atoms with Crippen molar-refractivity contribution in [3.63, 3.8) is 0 Å². The van der Waals surface area contributed by atoms with Crippen LogP contribution in [0.5, 0.6) is 5.75 Å². The number of rotatable bonds is 3. The Bertz CT molecular complexity index is 707. The summed E-state index contributed by atoms with van der Waals surface area (Å²) in [5, 5.41) is 2.17. The quantitative estimate of drug-likeness (QED) is 0.836. The largest absolute Gasteiger partial charge is 0.496 e. The van der Waals surface area contributed by atoms with Crippen LogP contribution in [0.1, 0.15) is 10.4 Å². The number of hydrogen-bond donors (Lipinski definition) is 1. The summed E-state index contributed by atoms with van der Waals surface area (Å²) in [4.78, 5) is 12.1. The van der Waals surface area contributed by atoms with Crippen LogP contribution in [0.25, 0.3) is 0 Å². The van der Waals surface area contributed by atoms with Crippen molar-refractivity contribution in [3.05, 3.63) is 57.8 Å². The minimum absolute atomic E-state index is 0.129. The Hall–Kier alpha value is -2.02. The summed E-state index contributed by atoms with van der Waals surface area (Å²) >= 11 is 3.22. The van der Waals surface area contributed by atoms with Crippen LogP contribution in [0.15, 0.2) is 34.8 Å². The Kier molecular flexibility index (Phi) is 4.52. The molecule has 0 heterocycles. The highest BCUT2D eigenvalue weighted by molar-refractivity contribution is 9.10. The highest BCUT2D eigenvalue weighted by Gasteiger charge is 2.16. The average Bonchev–Trinajstić information content (AvgIpc) is 2.44. The molecule has 2 aromatic rings. The third kappa shape index (κ3) is 3.36. The van der Waals surface area contributed by atoms with E-state index in [9.17, 15) is 18.0 Å². The van der Waals surface area contributed by atoms with Gasteiger partial charge in [0, 0.05) is 16.6 Å². The van der Waals surface area contributed by atoms with Gasteiger partial charge in [-0.15, -0.1) is 0 Å². The number of halogens is 4. The summed E-state index contributed by atoms with van der Waals surface area (Å²) < 4.78 is 45.1. The molecule has 1 N–H and O–H groups in total. The molecule has 0 fully saturated rings. The van der Waals surface area contributed by atoms with E-state index in [2.05, 4.69) is 21.2 Å². The lowest BCUT2D eigenvalue weighted by atomic mass is 10.2. The van der Waals surface area contributed by atoms with Crippen molar-refractivity contribution >= 4 is 27.5 Å². The van der Waals surface area contributed by atoms with Gasteiger partial charge in [0.05, 0.1) is 18.4 Å². The van der Waals surface area contributed by atoms with Crippen molar-refractivity contribution in [1.29, 1.82) is 0 Å². The van der Waals surface area contributed by atoms with Gasteiger partial charge in [-0.2, -0.15) is 0 Å². The molecule has 2 aromatic carbocycles. The van der Waals surface area contributed by atoms with Gasteiger partial charge in [0.2, 0.25) is 0 Å². The van der Waals surface area contributed by atoms with Gasteiger partial charge >= 0.3 is 0 Å². The molecule has 0 aliphatic rings. The zero-order chi connectivity index (χ0) is 15.6. The van der Waals surface area contributed by atoms with Crippen molar-refractivity contribution in [3.8, 4) is 5.75 Å². The summed E-state index contributed by atoms with van der Waals surface area (Å²) in [6, 6.07) is 5.54. The third-order valence-corrected chi connectivity index (χ3v) is 3.16. The Labute approximate surface area is 126 Å². The molecule has 1 amide bonds. The molecule has 2 rings (SSSR count). The smallest absolute Gasteiger partial charge is 0.259 e. The topological polar surface area (TPSA) is 38.3 Å². The molecular formula is C14H9BrF3NO2. The van der Waals surface area contributed by atoms with Crippen LogP contribution in [0.4, 0.5) is 18.9 Å². The van der Waals surface area contributed by atoms with Gasteiger partial charge in [0.15, 0.2) is 11.6 Å². The van der Waals surface area contributed by atoms with Crippen LogP contribution in [0.3, 0.4) is 0 Å². The highest BCUT2D eigenvalue weighted by atomic mass is 79.9. The summed E-state index contributed by atoms with van der Waals surface area (Å²) in [5.41, 5.74) is -0.325. The Morgan fingerprint density at radius 1 is 1.10 bits per heavy atom. The van der Waals surface area contributed by atoms with Crippen molar-refractivity contribution in [2.24, 2.45) is 0 Å². The van der Waals surface area contributed by atoms with E-state index < -0.39 is 29.0 Å². The Morgan fingerprint density at radius 3 is 2.43 bits per heavy atom. The molecule has 0 spiro atoms. The van der Waals surface area contributed by atoms with Crippen LogP contribution in [0.2, 0.25) is 0 Å². The van der Waals surface area contributed by atoms with E-state index in [1.165, 1.54) is 13.2 Å². The molecule has 0 radical (unpaired) electrons. The SMILES string of the molecule is COc1cc(Br)ccc1C(=O)Nc1cc(F)c(F)cc1F. The first-order valence-corrected chi connectivity index (χ1v) is 6.51. The second-order valence-corrected chi connectivity index (χ2v) is 4.96. The maximum absolute atomic E-state index is 13.5. The number of amides is 1. The minimum atomic E-state index is -1.33. The van der Waals surface area contributed by atoms with Crippen molar-refractivity contribution < 1.29 is 22.7 Å². The van der Waals surface area contributed by atoms with Gasteiger partial charge in [0.25, 0.3) is 5.91 Å². The zero-order valence-electron chi connectivity index (χ0n) is 10.7. The minimum Gasteiger partial charge on any atom is -0.496 e. The van der Waals surface area contributed by atoms with Crippen LogP contribution >= 0.6 is 15.9 Å². The Balaban J connectivity index is 2.32. The van der Waals surface area contributed by atoms with Crippen LogP contribution in [0, 0.1) is 17.5 Å². The van der Waals surface area contributed by atoms with E-state index in [0.717, 1.165) is 0 Å².